The number of hydrogen-bond donors (Lipinski definition) is 1. The molecule has 1 N–H and O–H groups in total. The van der Waals surface area contributed by atoms with Crippen LogP contribution in [0.1, 0.15) is 36.0 Å². The van der Waals surface area contributed by atoms with E-state index in [4.69, 9.17) is 0 Å². The molecule has 7 nitrogen and oxygen atoms in total. The van der Waals surface area contributed by atoms with Crippen LogP contribution in [0.4, 0.5) is 11.4 Å². The van der Waals surface area contributed by atoms with Gasteiger partial charge in [0.2, 0.25) is 5.91 Å². The van der Waals surface area contributed by atoms with Gasteiger partial charge in [-0.15, -0.1) is 11.8 Å². The third-order valence-electron chi connectivity index (χ3n) is 5.62. The fraction of sp³-hybridized carbons (Fsp3) is 0.364. The Bertz CT molecular complexity index is 1110. The largest absolute Gasteiger partial charge is 0.339 e. The highest BCUT2D eigenvalue weighted by Gasteiger charge is 2.33. The van der Waals surface area contributed by atoms with E-state index in [2.05, 4.69) is 5.32 Å². The molecular weight excluding hydrogens is 434 g/mol. The number of sulfonamides is 1. The number of amides is 2. The number of hydrogen-bond acceptors (Lipinski definition) is 5. The summed E-state index contributed by atoms with van der Waals surface area (Å²) < 4.78 is 28.1. The van der Waals surface area contributed by atoms with Gasteiger partial charge in [0.15, 0.2) is 0 Å². The minimum Gasteiger partial charge on any atom is -0.339 e. The Balaban J connectivity index is 1.74. The lowest BCUT2D eigenvalue weighted by Gasteiger charge is -2.30. The maximum Gasteiger partial charge on any atom is 0.264 e. The third kappa shape index (κ3) is 4.29. The molecule has 2 heterocycles. The van der Waals surface area contributed by atoms with Gasteiger partial charge < -0.3 is 10.2 Å². The van der Waals surface area contributed by atoms with Gasteiger partial charge in [0.05, 0.1) is 21.8 Å². The van der Waals surface area contributed by atoms with Gasteiger partial charge in [-0.05, 0) is 49.4 Å². The minimum atomic E-state index is -4.03. The van der Waals surface area contributed by atoms with Crippen molar-refractivity contribution in [3.05, 3.63) is 48.0 Å². The lowest BCUT2D eigenvalue weighted by molar-refractivity contribution is -0.115. The molecule has 31 heavy (non-hydrogen) atoms. The van der Waals surface area contributed by atoms with E-state index in [9.17, 15) is 18.0 Å². The van der Waals surface area contributed by atoms with E-state index in [1.54, 1.807) is 30.3 Å². The van der Waals surface area contributed by atoms with Crippen LogP contribution in [0.2, 0.25) is 0 Å². The molecule has 2 aliphatic rings. The molecule has 0 aromatic heterocycles. The number of fused-ring (bicyclic) bond motifs is 1. The molecule has 2 aliphatic heterocycles. The summed E-state index contributed by atoms with van der Waals surface area (Å²) in [6, 6.07) is 11.4. The smallest absolute Gasteiger partial charge is 0.264 e. The van der Waals surface area contributed by atoms with Gasteiger partial charge in [-0.3, -0.25) is 13.9 Å². The molecule has 0 spiro atoms. The van der Waals surface area contributed by atoms with Gasteiger partial charge in [0, 0.05) is 18.0 Å². The number of nitrogens with one attached hydrogen (secondary N) is 1. The molecular formula is C22H25N3O4S2. The van der Waals surface area contributed by atoms with Crippen LogP contribution in [0.25, 0.3) is 0 Å². The van der Waals surface area contributed by atoms with E-state index in [0.717, 1.165) is 34.9 Å². The lowest BCUT2D eigenvalue weighted by Crippen LogP contribution is -2.42. The predicted molar refractivity (Wildman–Crippen MR) is 122 cm³/mol. The standard InChI is InChI=1S/C22H25N3O4S2/c1-30-20-11-10-16(14-17(20)22(27)24-12-6-2-3-7-13-24)31(28,29)25-15-21(26)23-18-8-4-5-9-19(18)25/h4-5,8-11,14H,2-3,6-7,12-13,15H2,1H3,(H,23,26). The zero-order valence-electron chi connectivity index (χ0n) is 17.3. The van der Waals surface area contributed by atoms with Crippen LogP contribution in [-0.2, 0) is 14.8 Å². The normalized spacial score (nSPS) is 17.0. The Kier molecular flexibility index (Phi) is 6.24. The first-order chi connectivity index (χ1) is 14.9. The number of benzene rings is 2. The molecule has 0 bridgehead atoms. The number of para-hydroxylation sites is 2. The van der Waals surface area contributed by atoms with E-state index in [0.29, 0.717) is 30.0 Å². The summed E-state index contributed by atoms with van der Waals surface area (Å²) >= 11 is 1.42. The molecule has 1 fully saturated rings. The summed E-state index contributed by atoms with van der Waals surface area (Å²) in [4.78, 5) is 28.0. The van der Waals surface area contributed by atoms with Crippen molar-refractivity contribution < 1.29 is 18.0 Å². The fourth-order valence-corrected chi connectivity index (χ4v) is 6.04. The zero-order valence-corrected chi connectivity index (χ0v) is 19.0. The Morgan fingerprint density at radius 2 is 1.74 bits per heavy atom. The third-order valence-corrected chi connectivity index (χ3v) is 8.17. The second kappa shape index (κ2) is 8.92. The van der Waals surface area contributed by atoms with Crippen molar-refractivity contribution in [2.75, 3.05) is 35.5 Å². The van der Waals surface area contributed by atoms with Crippen LogP contribution >= 0.6 is 11.8 Å². The average molecular weight is 460 g/mol. The minimum absolute atomic E-state index is 0.00738. The molecule has 0 unspecified atom stereocenters. The summed E-state index contributed by atoms with van der Waals surface area (Å²) in [5, 5.41) is 2.70. The van der Waals surface area contributed by atoms with Crippen LogP contribution < -0.4 is 9.62 Å². The predicted octanol–water partition coefficient (Wildman–Crippen LogP) is 3.57. The van der Waals surface area contributed by atoms with E-state index >= 15 is 0 Å². The van der Waals surface area contributed by atoms with Crippen LogP contribution in [0.3, 0.4) is 0 Å². The van der Waals surface area contributed by atoms with Crippen LogP contribution in [-0.4, -0.2) is 51.0 Å². The van der Waals surface area contributed by atoms with E-state index < -0.39 is 15.9 Å². The topological polar surface area (TPSA) is 86.8 Å². The molecule has 1 saturated heterocycles. The highest BCUT2D eigenvalue weighted by molar-refractivity contribution is 7.98. The number of likely N-dealkylation sites (tertiary alicyclic amines) is 1. The highest BCUT2D eigenvalue weighted by atomic mass is 32.2. The van der Waals surface area contributed by atoms with Crippen molar-refractivity contribution >= 4 is 45.0 Å². The van der Waals surface area contributed by atoms with Crippen molar-refractivity contribution in [1.82, 2.24) is 4.90 Å². The maximum absolute atomic E-state index is 13.5. The highest BCUT2D eigenvalue weighted by Crippen LogP contribution is 2.34. The van der Waals surface area contributed by atoms with E-state index in [1.165, 1.54) is 23.9 Å². The number of anilines is 2. The molecule has 0 aliphatic carbocycles. The molecule has 0 atom stereocenters. The number of rotatable bonds is 4. The monoisotopic (exact) mass is 459 g/mol. The maximum atomic E-state index is 13.5. The van der Waals surface area contributed by atoms with Gasteiger partial charge in [-0.25, -0.2) is 8.42 Å². The second-order valence-corrected chi connectivity index (χ2v) is 10.4. The lowest BCUT2D eigenvalue weighted by atomic mass is 10.2. The zero-order chi connectivity index (χ0) is 22.0. The molecule has 2 aromatic carbocycles. The molecule has 9 heteroatoms. The van der Waals surface area contributed by atoms with Gasteiger partial charge in [0.25, 0.3) is 15.9 Å². The molecule has 4 rings (SSSR count). The van der Waals surface area contributed by atoms with E-state index in [1.807, 2.05) is 11.2 Å². The second-order valence-electron chi connectivity index (χ2n) is 7.65. The Labute approximate surface area is 186 Å². The number of carbonyl (C=O) groups excluding carboxylic acids is 2. The van der Waals surface area contributed by atoms with Crippen molar-refractivity contribution in [1.29, 1.82) is 0 Å². The first-order valence-corrected chi connectivity index (χ1v) is 13.0. The van der Waals surface area contributed by atoms with Crippen LogP contribution in [0.5, 0.6) is 0 Å². The fourth-order valence-electron chi connectivity index (χ4n) is 4.00. The number of thioether (sulfide) groups is 1. The Morgan fingerprint density at radius 3 is 2.45 bits per heavy atom. The SMILES string of the molecule is CSc1ccc(S(=O)(=O)N2CC(=O)Nc3ccccc32)cc1C(=O)N1CCCCCC1. The molecule has 2 amide bonds. The first-order valence-electron chi connectivity index (χ1n) is 10.3. The van der Waals surface area contributed by atoms with Crippen molar-refractivity contribution in [2.45, 2.75) is 35.5 Å². The van der Waals surface area contributed by atoms with Gasteiger partial charge >= 0.3 is 0 Å². The average Bonchev–Trinajstić information content (AvgIpc) is 3.07. The Morgan fingerprint density at radius 1 is 1.03 bits per heavy atom. The van der Waals surface area contributed by atoms with Crippen molar-refractivity contribution in [3.8, 4) is 0 Å². The van der Waals surface area contributed by atoms with Crippen molar-refractivity contribution in [2.24, 2.45) is 0 Å². The Hall–Kier alpha value is -2.52. The summed E-state index contributed by atoms with van der Waals surface area (Å²) in [6.45, 7) is 1.06. The van der Waals surface area contributed by atoms with Crippen LogP contribution in [0, 0.1) is 0 Å². The first kappa shape index (κ1) is 21.7. The van der Waals surface area contributed by atoms with Crippen molar-refractivity contribution in [3.63, 3.8) is 0 Å². The number of carbonyl (C=O) groups is 2. The van der Waals surface area contributed by atoms with Gasteiger partial charge in [-0.1, -0.05) is 25.0 Å². The molecule has 164 valence electrons. The summed E-state index contributed by atoms with van der Waals surface area (Å²) in [5.41, 5.74) is 1.26. The van der Waals surface area contributed by atoms with E-state index in [-0.39, 0.29) is 17.3 Å². The van der Waals surface area contributed by atoms with Gasteiger partial charge in [-0.2, -0.15) is 0 Å². The van der Waals surface area contributed by atoms with Crippen LogP contribution in [0.15, 0.2) is 52.3 Å². The van der Waals surface area contributed by atoms with Gasteiger partial charge in [0.1, 0.15) is 6.54 Å². The summed E-state index contributed by atoms with van der Waals surface area (Å²) in [7, 11) is -4.03. The molecule has 2 aromatic rings. The number of nitrogens with zero attached hydrogens (tertiary/aromatic N) is 2. The summed E-state index contributed by atoms with van der Waals surface area (Å²) in [5.74, 6) is -0.538. The quantitative estimate of drug-likeness (QED) is 0.707. The molecule has 0 radical (unpaired) electrons. The summed E-state index contributed by atoms with van der Waals surface area (Å²) in [6.07, 6.45) is 5.98. The molecule has 0 saturated carbocycles.